The van der Waals surface area contributed by atoms with E-state index in [1.165, 1.54) is 148 Å². The fourth-order valence-corrected chi connectivity index (χ4v) is 4.35. The molecule has 0 radical (unpaired) electrons. The van der Waals surface area contributed by atoms with Crippen molar-refractivity contribution in [3.05, 3.63) is 0 Å². The summed E-state index contributed by atoms with van der Waals surface area (Å²) < 4.78 is 0. The van der Waals surface area contributed by atoms with Crippen LogP contribution in [-0.2, 0) is 4.79 Å². The van der Waals surface area contributed by atoms with Crippen molar-refractivity contribution in [2.75, 3.05) is 13.1 Å². The summed E-state index contributed by atoms with van der Waals surface area (Å²) in [5, 5.41) is 0. The van der Waals surface area contributed by atoms with Gasteiger partial charge in [-0.25, -0.2) is 0 Å². The number of amides is 1. The maximum Gasteiger partial charge on any atom is 0.209 e. The molecule has 0 aromatic rings. The van der Waals surface area contributed by atoms with Gasteiger partial charge in [0.1, 0.15) is 0 Å². The zero-order chi connectivity index (χ0) is 22.0. The highest BCUT2D eigenvalue weighted by molar-refractivity contribution is 5.46. The van der Waals surface area contributed by atoms with Crippen LogP contribution < -0.4 is 0 Å². The van der Waals surface area contributed by atoms with Crippen molar-refractivity contribution < 1.29 is 4.79 Å². The first-order valence-electron chi connectivity index (χ1n) is 14.0. The van der Waals surface area contributed by atoms with Gasteiger partial charge in [-0.05, 0) is 12.8 Å². The van der Waals surface area contributed by atoms with E-state index in [2.05, 4.69) is 13.8 Å². The number of hydrogen-bond donors (Lipinski definition) is 0. The SMILES string of the molecule is CCCCCCCCCCCCCCCN(C=O)CCCCCCCCCCCC. The van der Waals surface area contributed by atoms with Crippen LogP contribution in [0.25, 0.3) is 0 Å². The van der Waals surface area contributed by atoms with E-state index in [1.54, 1.807) is 0 Å². The smallest absolute Gasteiger partial charge is 0.209 e. The van der Waals surface area contributed by atoms with Gasteiger partial charge >= 0.3 is 0 Å². The Morgan fingerprint density at radius 3 is 0.867 bits per heavy atom. The number of hydrogen-bond acceptors (Lipinski definition) is 1. The third-order valence-corrected chi connectivity index (χ3v) is 6.50. The zero-order valence-corrected chi connectivity index (χ0v) is 21.1. The molecule has 0 aliphatic rings. The summed E-state index contributed by atoms with van der Waals surface area (Å²) in [6.45, 7) is 6.51. The Hall–Kier alpha value is -0.530. The Balaban J connectivity index is 3.27. The van der Waals surface area contributed by atoms with Gasteiger partial charge in [-0.1, -0.05) is 149 Å². The average Bonchev–Trinajstić information content (AvgIpc) is 2.76. The van der Waals surface area contributed by atoms with Crippen molar-refractivity contribution in [2.45, 2.75) is 162 Å². The van der Waals surface area contributed by atoms with Crippen LogP contribution in [-0.4, -0.2) is 24.4 Å². The van der Waals surface area contributed by atoms with E-state index in [-0.39, 0.29) is 0 Å². The van der Waals surface area contributed by atoms with Gasteiger partial charge in [0.25, 0.3) is 0 Å². The molecule has 0 fully saturated rings. The summed E-state index contributed by atoms with van der Waals surface area (Å²) >= 11 is 0. The first-order chi connectivity index (χ1) is 14.8. The summed E-state index contributed by atoms with van der Waals surface area (Å²) in [4.78, 5) is 13.3. The van der Waals surface area contributed by atoms with Crippen LogP contribution in [0.1, 0.15) is 162 Å². The number of rotatable bonds is 26. The summed E-state index contributed by atoms with van der Waals surface area (Å²) in [7, 11) is 0. The first kappa shape index (κ1) is 29.5. The molecule has 0 rings (SSSR count). The maximum atomic E-state index is 11.3. The first-order valence-corrected chi connectivity index (χ1v) is 14.0. The quantitative estimate of drug-likeness (QED) is 0.100. The molecule has 30 heavy (non-hydrogen) atoms. The summed E-state index contributed by atoms with van der Waals surface area (Å²) in [5.74, 6) is 0. The molecule has 180 valence electrons. The second kappa shape index (κ2) is 26.5. The highest BCUT2D eigenvalue weighted by Crippen LogP contribution is 2.13. The lowest BCUT2D eigenvalue weighted by Crippen LogP contribution is -2.24. The molecule has 0 atom stereocenters. The Kier molecular flexibility index (Phi) is 26.0. The van der Waals surface area contributed by atoms with Gasteiger partial charge in [0, 0.05) is 13.1 Å². The molecule has 0 aromatic carbocycles. The molecule has 2 heteroatoms. The maximum absolute atomic E-state index is 11.3. The Morgan fingerprint density at radius 1 is 0.400 bits per heavy atom. The average molecular weight is 424 g/mol. The third-order valence-electron chi connectivity index (χ3n) is 6.50. The van der Waals surface area contributed by atoms with Gasteiger partial charge in [-0.15, -0.1) is 0 Å². The fourth-order valence-electron chi connectivity index (χ4n) is 4.35. The van der Waals surface area contributed by atoms with E-state index in [0.717, 1.165) is 19.5 Å². The van der Waals surface area contributed by atoms with Crippen molar-refractivity contribution >= 4 is 6.41 Å². The molecule has 0 saturated heterocycles. The standard InChI is InChI=1S/C28H57NO/c1-3-5-7-9-11-13-15-16-17-19-21-23-25-27-29(28-30)26-24-22-20-18-14-12-10-8-6-4-2/h28H,3-27H2,1-2H3. The molecule has 0 aliphatic heterocycles. The lowest BCUT2D eigenvalue weighted by Gasteiger charge is -2.17. The lowest BCUT2D eigenvalue weighted by molar-refractivity contribution is -0.118. The molecule has 1 amide bonds. The van der Waals surface area contributed by atoms with Crippen LogP contribution in [0.4, 0.5) is 0 Å². The van der Waals surface area contributed by atoms with E-state index < -0.39 is 0 Å². The Bertz CT molecular complexity index is 318. The summed E-state index contributed by atoms with van der Waals surface area (Å²) in [6.07, 6.45) is 32.7. The number of carbonyl (C=O) groups excluding carboxylic acids is 1. The predicted octanol–water partition coefficient (Wildman–Crippen LogP) is 9.46. The number of unbranched alkanes of at least 4 members (excludes halogenated alkanes) is 21. The molecule has 0 N–H and O–H groups in total. The van der Waals surface area contributed by atoms with E-state index >= 15 is 0 Å². The van der Waals surface area contributed by atoms with Crippen LogP contribution in [0.5, 0.6) is 0 Å². The molecule has 0 heterocycles. The second-order valence-corrected chi connectivity index (χ2v) is 9.57. The molecule has 0 spiro atoms. The minimum absolute atomic E-state index is 0.970. The van der Waals surface area contributed by atoms with E-state index in [9.17, 15) is 4.79 Å². The van der Waals surface area contributed by atoms with Gasteiger partial charge in [0.2, 0.25) is 6.41 Å². The van der Waals surface area contributed by atoms with Gasteiger partial charge in [-0.2, -0.15) is 0 Å². The minimum atomic E-state index is 0.970. The molecule has 0 aliphatic carbocycles. The van der Waals surface area contributed by atoms with E-state index in [4.69, 9.17) is 0 Å². The van der Waals surface area contributed by atoms with Gasteiger partial charge in [-0.3, -0.25) is 4.79 Å². The molecular weight excluding hydrogens is 366 g/mol. The number of nitrogens with zero attached hydrogens (tertiary/aromatic N) is 1. The lowest BCUT2D eigenvalue weighted by atomic mass is 10.0. The highest BCUT2D eigenvalue weighted by atomic mass is 16.1. The van der Waals surface area contributed by atoms with Gasteiger partial charge in [0.05, 0.1) is 0 Å². The Labute approximate surface area is 191 Å². The van der Waals surface area contributed by atoms with E-state index in [0.29, 0.717) is 0 Å². The van der Waals surface area contributed by atoms with Crippen molar-refractivity contribution in [3.8, 4) is 0 Å². The summed E-state index contributed by atoms with van der Waals surface area (Å²) in [5.41, 5.74) is 0. The fraction of sp³-hybridized carbons (Fsp3) is 0.964. The van der Waals surface area contributed by atoms with Crippen LogP contribution >= 0.6 is 0 Å². The van der Waals surface area contributed by atoms with Gasteiger partial charge < -0.3 is 4.90 Å². The second-order valence-electron chi connectivity index (χ2n) is 9.57. The van der Waals surface area contributed by atoms with Crippen LogP contribution in [0.15, 0.2) is 0 Å². The molecule has 0 bridgehead atoms. The molecule has 0 saturated carbocycles. The molecular formula is C28H57NO. The highest BCUT2D eigenvalue weighted by Gasteiger charge is 2.01. The third kappa shape index (κ3) is 23.7. The number of carbonyl (C=O) groups is 1. The van der Waals surface area contributed by atoms with E-state index in [1.807, 2.05) is 4.90 Å². The van der Waals surface area contributed by atoms with Crippen molar-refractivity contribution in [1.29, 1.82) is 0 Å². The predicted molar refractivity (Wildman–Crippen MR) is 135 cm³/mol. The molecule has 0 unspecified atom stereocenters. The normalized spacial score (nSPS) is 11.1. The summed E-state index contributed by atoms with van der Waals surface area (Å²) in [6, 6.07) is 0. The topological polar surface area (TPSA) is 20.3 Å². The molecule has 0 aromatic heterocycles. The largest absolute Gasteiger partial charge is 0.345 e. The van der Waals surface area contributed by atoms with Crippen LogP contribution in [0.2, 0.25) is 0 Å². The minimum Gasteiger partial charge on any atom is -0.345 e. The Morgan fingerprint density at radius 2 is 0.633 bits per heavy atom. The van der Waals surface area contributed by atoms with Crippen molar-refractivity contribution in [2.24, 2.45) is 0 Å². The van der Waals surface area contributed by atoms with Crippen molar-refractivity contribution in [3.63, 3.8) is 0 Å². The van der Waals surface area contributed by atoms with Crippen molar-refractivity contribution in [1.82, 2.24) is 4.90 Å². The zero-order valence-electron chi connectivity index (χ0n) is 21.1. The monoisotopic (exact) mass is 423 g/mol. The van der Waals surface area contributed by atoms with Crippen LogP contribution in [0.3, 0.4) is 0 Å². The van der Waals surface area contributed by atoms with Crippen LogP contribution in [0, 0.1) is 0 Å². The molecule has 2 nitrogen and oxygen atoms in total. The van der Waals surface area contributed by atoms with Gasteiger partial charge in [0.15, 0.2) is 0 Å².